The van der Waals surface area contributed by atoms with Gasteiger partial charge >= 0.3 is 0 Å². The predicted molar refractivity (Wildman–Crippen MR) is 53.5 cm³/mol. The van der Waals surface area contributed by atoms with Crippen LogP contribution in [0.3, 0.4) is 0 Å². The van der Waals surface area contributed by atoms with Crippen LogP contribution >= 0.6 is 0 Å². The maximum atomic E-state index is 5.91. The van der Waals surface area contributed by atoms with E-state index >= 15 is 0 Å². The zero-order valence-electron chi connectivity index (χ0n) is 8.56. The summed E-state index contributed by atoms with van der Waals surface area (Å²) in [7, 11) is 1.97. The summed E-state index contributed by atoms with van der Waals surface area (Å²) in [5.74, 6) is 1.01. The van der Waals surface area contributed by atoms with Gasteiger partial charge in [-0.3, -0.25) is 4.90 Å². The van der Waals surface area contributed by atoms with Crippen molar-refractivity contribution in [2.45, 2.75) is 25.4 Å². The number of nitrogens with two attached hydrogens (primary N) is 1. The van der Waals surface area contributed by atoms with Crippen molar-refractivity contribution in [1.29, 1.82) is 0 Å². The predicted octanol–water partition coefficient (Wildman–Crippen LogP) is -0.262. The molecule has 14 heavy (non-hydrogen) atoms. The Morgan fingerprint density at radius 3 is 3.14 bits per heavy atom. The average Bonchev–Trinajstić information content (AvgIpc) is 2.52. The molecule has 2 heterocycles. The van der Waals surface area contributed by atoms with Crippen LogP contribution in [0.15, 0.2) is 6.33 Å². The number of hydrogen-bond donors (Lipinski definition) is 1. The first-order valence-electron chi connectivity index (χ1n) is 5.06. The highest BCUT2D eigenvalue weighted by atomic mass is 15.3. The van der Waals surface area contributed by atoms with Gasteiger partial charge in [-0.1, -0.05) is 0 Å². The molecule has 5 heteroatoms. The van der Waals surface area contributed by atoms with Gasteiger partial charge in [-0.05, 0) is 19.4 Å². The van der Waals surface area contributed by atoms with Crippen molar-refractivity contribution in [1.82, 2.24) is 19.7 Å². The first-order valence-corrected chi connectivity index (χ1v) is 5.06. The molecule has 0 amide bonds. The molecule has 5 nitrogen and oxygen atoms in total. The Morgan fingerprint density at radius 2 is 2.50 bits per heavy atom. The molecule has 2 N–H and O–H groups in total. The van der Waals surface area contributed by atoms with Gasteiger partial charge in [0.05, 0.1) is 6.54 Å². The zero-order valence-corrected chi connectivity index (χ0v) is 8.56. The maximum Gasteiger partial charge on any atom is 0.146 e. The molecule has 1 saturated heterocycles. The first-order chi connectivity index (χ1) is 6.75. The van der Waals surface area contributed by atoms with Crippen LogP contribution < -0.4 is 5.73 Å². The SMILES string of the molecule is Cn1cnnc1CN1CCC[C@@H](N)C1. The second kappa shape index (κ2) is 4.06. The van der Waals surface area contributed by atoms with E-state index < -0.39 is 0 Å². The molecule has 1 aliphatic heterocycles. The summed E-state index contributed by atoms with van der Waals surface area (Å²) in [6.07, 6.45) is 4.08. The Labute approximate surface area is 83.9 Å². The van der Waals surface area contributed by atoms with Gasteiger partial charge in [-0.2, -0.15) is 0 Å². The number of nitrogens with zero attached hydrogens (tertiary/aromatic N) is 4. The van der Waals surface area contributed by atoms with Crippen LogP contribution in [0, 0.1) is 0 Å². The largest absolute Gasteiger partial charge is 0.327 e. The van der Waals surface area contributed by atoms with Gasteiger partial charge in [0.2, 0.25) is 0 Å². The summed E-state index contributed by atoms with van der Waals surface area (Å²) in [4.78, 5) is 2.35. The van der Waals surface area contributed by atoms with Crippen molar-refractivity contribution in [3.05, 3.63) is 12.2 Å². The van der Waals surface area contributed by atoms with E-state index in [0.29, 0.717) is 6.04 Å². The monoisotopic (exact) mass is 195 g/mol. The molecule has 0 aliphatic carbocycles. The van der Waals surface area contributed by atoms with E-state index in [0.717, 1.165) is 31.9 Å². The topological polar surface area (TPSA) is 60.0 Å². The van der Waals surface area contributed by atoms with E-state index in [1.807, 2.05) is 11.6 Å². The minimum Gasteiger partial charge on any atom is -0.327 e. The molecule has 2 rings (SSSR count). The highest BCUT2D eigenvalue weighted by Crippen LogP contribution is 2.10. The van der Waals surface area contributed by atoms with Gasteiger partial charge < -0.3 is 10.3 Å². The van der Waals surface area contributed by atoms with Crippen molar-refractivity contribution in [3.63, 3.8) is 0 Å². The summed E-state index contributed by atoms with van der Waals surface area (Å²) in [6.45, 7) is 2.97. The van der Waals surface area contributed by atoms with E-state index in [9.17, 15) is 0 Å². The molecule has 0 unspecified atom stereocenters. The molecule has 1 fully saturated rings. The second-order valence-corrected chi connectivity index (χ2v) is 4.00. The van der Waals surface area contributed by atoms with Crippen LogP contribution in [0.2, 0.25) is 0 Å². The van der Waals surface area contributed by atoms with Gasteiger partial charge in [0.15, 0.2) is 0 Å². The van der Waals surface area contributed by atoms with Crippen LogP contribution in [0.1, 0.15) is 18.7 Å². The number of aromatic nitrogens is 3. The first kappa shape index (κ1) is 9.61. The van der Waals surface area contributed by atoms with Crippen molar-refractivity contribution < 1.29 is 0 Å². The smallest absolute Gasteiger partial charge is 0.146 e. The van der Waals surface area contributed by atoms with E-state index in [2.05, 4.69) is 15.1 Å². The van der Waals surface area contributed by atoms with E-state index in [1.165, 1.54) is 6.42 Å². The lowest BCUT2D eigenvalue weighted by Crippen LogP contribution is -2.42. The molecule has 1 aromatic heterocycles. The van der Waals surface area contributed by atoms with Crippen LogP contribution in [0.4, 0.5) is 0 Å². The van der Waals surface area contributed by atoms with Crippen LogP contribution in [-0.2, 0) is 13.6 Å². The van der Waals surface area contributed by atoms with Crippen LogP contribution in [-0.4, -0.2) is 38.8 Å². The Balaban J connectivity index is 1.94. The third-order valence-electron chi connectivity index (χ3n) is 2.71. The molecule has 1 atom stereocenters. The lowest BCUT2D eigenvalue weighted by atomic mass is 10.1. The van der Waals surface area contributed by atoms with E-state index in [4.69, 9.17) is 5.73 Å². The molecule has 0 radical (unpaired) electrons. The van der Waals surface area contributed by atoms with Gasteiger partial charge in [0.25, 0.3) is 0 Å². The van der Waals surface area contributed by atoms with Gasteiger partial charge in [-0.25, -0.2) is 0 Å². The summed E-state index contributed by atoms with van der Waals surface area (Å²) in [6, 6.07) is 0.331. The third-order valence-corrected chi connectivity index (χ3v) is 2.71. The number of piperidine rings is 1. The van der Waals surface area contributed by atoms with Gasteiger partial charge in [0.1, 0.15) is 12.2 Å². The van der Waals surface area contributed by atoms with Gasteiger partial charge in [-0.15, -0.1) is 10.2 Å². The number of aryl methyl sites for hydroxylation is 1. The third kappa shape index (κ3) is 2.10. The van der Waals surface area contributed by atoms with E-state index in [1.54, 1.807) is 6.33 Å². The highest BCUT2D eigenvalue weighted by molar-refractivity contribution is 4.86. The fourth-order valence-corrected chi connectivity index (χ4v) is 1.89. The molecule has 0 bridgehead atoms. The maximum absolute atomic E-state index is 5.91. The summed E-state index contributed by atoms with van der Waals surface area (Å²) >= 11 is 0. The number of hydrogen-bond acceptors (Lipinski definition) is 4. The quantitative estimate of drug-likeness (QED) is 0.706. The Kier molecular flexibility index (Phi) is 2.79. The van der Waals surface area contributed by atoms with Crippen molar-refractivity contribution in [2.24, 2.45) is 12.8 Å². The molecule has 0 spiro atoms. The second-order valence-electron chi connectivity index (χ2n) is 4.00. The number of rotatable bonds is 2. The molecule has 1 aromatic rings. The Hall–Kier alpha value is -0.940. The molecule has 78 valence electrons. The van der Waals surface area contributed by atoms with Crippen LogP contribution in [0.25, 0.3) is 0 Å². The minimum atomic E-state index is 0.331. The van der Waals surface area contributed by atoms with Crippen LogP contribution in [0.5, 0.6) is 0 Å². The van der Waals surface area contributed by atoms with Crippen molar-refractivity contribution in [3.8, 4) is 0 Å². The lowest BCUT2D eigenvalue weighted by Gasteiger charge is -2.29. The Bertz CT molecular complexity index is 295. The summed E-state index contributed by atoms with van der Waals surface area (Å²) < 4.78 is 1.96. The fourth-order valence-electron chi connectivity index (χ4n) is 1.89. The average molecular weight is 195 g/mol. The zero-order chi connectivity index (χ0) is 9.97. The minimum absolute atomic E-state index is 0.331. The lowest BCUT2D eigenvalue weighted by molar-refractivity contribution is 0.195. The fraction of sp³-hybridized carbons (Fsp3) is 0.778. The normalized spacial score (nSPS) is 24.0. The molecular weight excluding hydrogens is 178 g/mol. The standard InChI is InChI=1S/C9H17N5/c1-13-7-11-12-9(13)6-14-4-2-3-8(10)5-14/h7-8H,2-6,10H2,1H3/t8-/m1/s1. The highest BCUT2D eigenvalue weighted by Gasteiger charge is 2.17. The van der Waals surface area contributed by atoms with E-state index in [-0.39, 0.29) is 0 Å². The van der Waals surface area contributed by atoms with Crippen molar-refractivity contribution in [2.75, 3.05) is 13.1 Å². The summed E-state index contributed by atoms with van der Waals surface area (Å²) in [5, 5.41) is 7.93. The molecule has 0 saturated carbocycles. The van der Waals surface area contributed by atoms with Gasteiger partial charge in [0, 0.05) is 19.6 Å². The number of likely N-dealkylation sites (tertiary alicyclic amines) is 1. The molecule has 0 aromatic carbocycles. The van der Waals surface area contributed by atoms with Crippen molar-refractivity contribution >= 4 is 0 Å². The molecular formula is C9H17N5. The molecule has 1 aliphatic rings. The Morgan fingerprint density at radius 1 is 1.64 bits per heavy atom. The summed E-state index contributed by atoms with van der Waals surface area (Å²) in [5.41, 5.74) is 5.91.